The van der Waals surface area contributed by atoms with Crippen molar-refractivity contribution < 1.29 is 13.2 Å². The Morgan fingerprint density at radius 2 is 1.77 bits per heavy atom. The molecule has 1 aromatic carbocycles. The Balaban J connectivity index is 0.000000845. The molecule has 0 fully saturated rings. The SMILES string of the molecule is O=C1NS(=O)(=O)c2ccccc21.[KH]. The predicted octanol–water partition coefficient (Wildman–Crippen LogP) is -0.530. The maximum atomic E-state index is 11.1. The van der Waals surface area contributed by atoms with E-state index in [9.17, 15) is 13.2 Å². The van der Waals surface area contributed by atoms with Gasteiger partial charge < -0.3 is 0 Å². The fourth-order valence-electron chi connectivity index (χ4n) is 1.12. The summed E-state index contributed by atoms with van der Waals surface area (Å²) in [4.78, 5) is 11.1. The molecule has 1 aromatic rings. The molecule has 1 amide bonds. The molecule has 0 aromatic heterocycles. The van der Waals surface area contributed by atoms with Crippen molar-refractivity contribution in [1.82, 2.24) is 4.72 Å². The fourth-order valence-corrected chi connectivity index (χ4v) is 2.29. The van der Waals surface area contributed by atoms with Crippen molar-refractivity contribution in [3.63, 3.8) is 0 Å². The van der Waals surface area contributed by atoms with Crippen LogP contribution in [-0.2, 0) is 10.0 Å². The number of sulfonamides is 1. The Morgan fingerprint density at radius 1 is 1.15 bits per heavy atom. The van der Waals surface area contributed by atoms with Gasteiger partial charge in [-0.25, -0.2) is 13.1 Å². The van der Waals surface area contributed by atoms with Gasteiger partial charge in [-0.3, -0.25) is 4.79 Å². The predicted molar refractivity (Wildman–Crippen MR) is 48.2 cm³/mol. The number of hydrogen-bond donors (Lipinski definition) is 1. The molecule has 1 aliphatic rings. The van der Waals surface area contributed by atoms with E-state index in [1.165, 1.54) is 12.1 Å². The van der Waals surface area contributed by atoms with E-state index in [2.05, 4.69) is 0 Å². The summed E-state index contributed by atoms with van der Waals surface area (Å²) in [6, 6.07) is 6.09. The van der Waals surface area contributed by atoms with Gasteiger partial charge in [-0.15, -0.1) is 0 Å². The van der Waals surface area contributed by atoms with Gasteiger partial charge in [-0.1, -0.05) is 12.1 Å². The van der Waals surface area contributed by atoms with Crippen molar-refractivity contribution >= 4 is 67.3 Å². The van der Waals surface area contributed by atoms with Crippen LogP contribution >= 0.6 is 0 Å². The molecule has 1 heterocycles. The van der Waals surface area contributed by atoms with Crippen LogP contribution < -0.4 is 4.72 Å². The number of nitrogens with one attached hydrogen (secondary N) is 1. The van der Waals surface area contributed by atoms with Crippen LogP contribution in [0.25, 0.3) is 0 Å². The molecule has 0 spiro atoms. The number of benzene rings is 1. The van der Waals surface area contributed by atoms with E-state index in [0.29, 0.717) is 0 Å². The number of carbonyl (C=O) groups excluding carboxylic acids is 1. The molecule has 2 rings (SSSR count). The molecule has 1 N–H and O–H groups in total. The Hall–Kier alpha value is 0.276. The third-order valence-electron chi connectivity index (χ3n) is 1.65. The van der Waals surface area contributed by atoms with Gasteiger partial charge in [-0.2, -0.15) is 0 Å². The first-order valence-electron chi connectivity index (χ1n) is 3.27. The standard InChI is InChI=1S/C7H5NO3S.K.H/c9-7-5-3-1-2-4-6(5)12(10,11)8-7;;/h1-4H,(H,8,9);;. The van der Waals surface area contributed by atoms with Crippen molar-refractivity contribution in [3.05, 3.63) is 29.8 Å². The zero-order valence-electron chi connectivity index (χ0n) is 5.94. The molecule has 0 atom stereocenters. The van der Waals surface area contributed by atoms with Crippen molar-refractivity contribution in [2.75, 3.05) is 0 Å². The molecule has 0 saturated carbocycles. The molecule has 6 heteroatoms. The first-order valence-corrected chi connectivity index (χ1v) is 4.76. The zero-order valence-corrected chi connectivity index (χ0v) is 6.76. The van der Waals surface area contributed by atoms with E-state index in [4.69, 9.17) is 0 Å². The molecule has 0 saturated heterocycles. The first kappa shape index (κ1) is 11.4. The third-order valence-corrected chi connectivity index (χ3v) is 3.04. The van der Waals surface area contributed by atoms with Gasteiger partial charge in [0.1, 0.15) is 4.90 Å². The van der Waals surface area contributed by atoms with Gasteiger partial charge >= 0.3 is 51.4 Å². The van der Waals surface area contributed by atoms with Crippen LogP contribution in [0.1, 0.15) is 10.4 Å². The van der Waals surface area contributed by atoms with Gasteiger partial charge in [0.15, 0.2) is 0 Å². The summed E-state index contributed by atoms with van der Waals surface area (Å²) in [6.07, 6.45) is 0. The van der Waals surface area contributed by atoms with Crippen molar-refractivity contribution in [3.8, 4) is 0 Å². The van der Waals surface area contributed by atoms with E-state index in [0.717, 1.165) is 0 Å². The zero-order chi connectivity index (χ0) is 8.77. The fraction of sp³-hybridized carbons (Fsp3) is 0. The topological polar surface area (TPSA) is 63.2 Å². The van der Waals surface area contributed by atoms with Gasteiger partial charge in [0.25, 0.3) is 15.9 Å². The second-order valence-corrected chi connectivity index (χ2v) is 4.08. The molecule has 4 nitrogen and oxygen atoms in total. The van der Waals surface area contributed by atoms with Gasteiger partial charge in [0.05, 0.1) is 5.56 Å². The minimum absolute atomic E-state index is 0. The monoisotopic (exact) mass is 223 g/mol. The summed E-state index contributed by atoms with van der Waals surface area (Å²) in [5, 5.41) is 0. The number of rotatable bonds is 0. The van der Waals surface area contributed by atoms with Gasteiger partial charge in [0.2, 0.25) is 0 Å². The Labute approximate surface area is 118 Å². The van der Waals surface area contributed by atoms with Crippen LogP contribution in [0.2, 0.25) is 0 Å². The molecule has 0 bridgehead atoms. The molecular formula is C7H6KNO3S. The van der Waals surface area contributed by atoms with Crippen LogP contribution in [0, 0.1) is 0 Å². The number of hydrogen-bond acceptors (Lipinski definition) is 3. The van der Waals surface area contributed by atoms with Crippen LogP contribution in [-0.4, -0.2) is 65.7 Å². The Kier molecular flexibility index (Phi) is 3.32. The molecular weight excluding hydrogens is 217 g/mol. The van der Waals surface area contributed by atoms with Crippen molar-refractivity contribution in [1.29, 1.82) is 0 Å². The summed E-state index contributed by atoms with van der Waals surface area (Å²) in [7, 11) is -3.55. The van der Waals surface area contributed by atoms with Crippen LogP contribution in [0.15, 0.2) is 29.2 Å². The summed E-state index contributed by atoms with van der Waals surface area (Å²) < 4.78 is 24.2. The normalized spacial score (nSPS) is 17.1. The Morgan fingerprint density at radius 3 is 2.38 bits per heavy atom. The van der Waals surface area contributed by atoms with Crippen LogP contribution in [0.3, 0.4) is 0 Å². The second kappa shape index (κ2) is 3.80. The maximum absolute atomic E-state index is 11.1. The summed E-state index contributed by atoms with van der Waals surface area (Å²) in [5.41, 5.74) is 0.220. The third kappa shape index (κ3) is 1.88. The molecule has 0 aliphatic carbocycles. The molecule has 64 valence electrons. The number of fused-ring (bicyclic) bond motifs is 1. The Bertz CT molecular complexity index is 455. The molecule has 0 unspecified atom stereocenters. The van der Waals surface area contributed by atoms with E-state index in [1.54, 1.807) is 12.1 Å². The van der Waals surface area contributed by atoms with E-state index in [-0.39, 0.29) is 61.8 Å². The summed E-state index contributed by atoms with van der Waals surface area (Å²) in [6.45, 7) is 0. The second-order valence-electron chi connectivity index (χ2n) is 2.43. The summed E-state index contributed by atoms with van der Waals surface area (Å²) in [5.74, 6) is -0.550. The van der Waals surface area contributed by atoms with Gasteiger partial charge in [0, 0.05) is 0 Å². The van der Waals surface area contributed by atoms with E-state index in [1.807, 2.05) is 4.72 Å². The molecule has 1 aliphatic heterocycles. The number of amides is 1. The van der Waals surface area contributed by atoms with Crippen LogP contribution in [0.5, 0.6) is 0 Å². The average molecular weight is 223 g/mol. The first-order chi connectivity index (χ1) is 5.61. The van der Waals surface area contributed by atoms with Crippen molar-refractivity contribution in [2.24, 2.45) is 0 Å². The average Bonchev–Trinajstić information content (AvgIpc) is 2.25. The van der Waals surface area contributed by atoms with E-state index < -0.39 is 15.9 Å². The number of carbonyl (C=O) groups is 1. The minimum atomic E-state index is -3.55. The van der Waals surface area contributed by atoms with Crippen molar-refractivity contribution in [2.45, 2.75) is 4.90 Å². The summed E-state index contributed by atoms with van der Waals surface area (Å²) >= 11 is 0. The van der Waals surface area contributed by atoms with E-state index >= 15 is 0 Å². The molecule has 0 radical (unpaired) electrons. The molecule has 13 heavy (non-hydrogen) atoms. The quantitative estimate of drug-likeness (QED) is 0.601. The van der Waals surface area contributed by atoms with Gasteiger partial charge in [-0.05, 0) is 12.1 Å². The van der Waals surface area contributed by atoms with Crippen LogP contribution in [0.4, 0.5) is 0 Å².